The molecule has 2 aromatic rings. The Labute approximate surface area is 132 Å². The molecule has 0 unspecified atom stereocenters. The fraction of sp³-hybridized carbons (Fsp3) is 0.417. The highest BCUT2D eigenvalue weighted by atomic mass is 32.1. The Kier molecular flexibility index (Phi) is 4.04. The maximum Gasteiger partial charge on any atom is 0.471 e. The first-order valence-electron chi connectivity index (χ1n) is 6.43. The molecular formula is C12H11F3N4OS2. The largest absolute Gasteiger partial charge is 0.471 e. The molecule has 1 aliphatic heterocycles. The second kappa shape index (κ2) is 5.84. The van der Waals surface area contributed by atoms with Crippen molar-refractivity contribution in [2.45, 2.75) is 6.18 Å². The highest BCUT2D eigenvalue weighted by Crippen LogP contribution is 2.32. The molecule has 0 saturated carbocycles. The number of thiophene rings is 1. The number of piperazine rings is 1. The lowest BCUT2D eigenvalue weighted by Gasteiger charge is -2.34. The summed E-state index contributed by atoms with van der Waals surface area (Å²) in [6.07, 6.45) is -4.81. The Morgan fingerprint density at radius 1 is 1.18 bits per heavy atom. The predicted octanol–water partition coefficient (Wildman–Crippen LogP) is 2.48. The predicted molar refractivity (Wildman–Crippen MR) is 78.1 cm³/mol. The Balaban J connectivity index is 1.64. The molecule has 1 fully saturated rings. The maximum absolute atomic E-state index is 12.4. The van der Waals surface area contributed by atoms with E-state index in [4.69, 9.17) is 0 Å². The standard InChI is InChI=1S/C12H11F3N4OS2/c13-12(14,15)10(20)18-3-5-19(6-4-18)11-17-16-9(22-11)8-2-1-7-21-8/h1-2,7H,3-6H2. The molecule has 0 bridgehead atoms. The van der Waals surface area contributed by atoms with Crippen LogP contribution >= 0.6 is 22.7 Å². The van der Waals surface area contributed by atoms with Gasteiger partial charge in [0.15, 0.2) is 5.01 Å². The second-order valence-electron chi connectivity index (χ2n) is 4.64. The number of aromatic nitrogens is 2. The number of nitrogens with zero attached hydrogens (tertiary/aromatic N) is 4. The average molecular weight is 348 g/mol. The van der Waals surface area contributed by atoms with Gasteiger partial charge in [-0.25, -0.2) is 0 Å². The average Bonchev–Trinajstić information content (AvgIpc) is 3.16. The molecule has 1 aliphatic rings. The first-order chi connectivity index (χ1) is 10.4. The van der Waals surface area contributed by atoms with E-state index in [0.717, 1.165) is 14.8 Å². The van der Waals surface area contributed by atoms with E-state index < -0.39 is 12.1 Å². The number of halogens is 3. The minimum atomic E-state index is -4.81. The van der Waals surface area contributed by atoms with Gasteiger partial charge in [0, 0.05) is 26.2 Å². The van der Waals surface area contributed by atoms with Crippen LogP contribution in [0.1, 0.15) is 0 Å². The van der Waals surface area contributed by atoms with Gasteiger partial charge in [0.1, 0.15) is 0 Å². The zero-order chi connectivity index (χ0) is 15.7. The number of anilines is 1. The highest BCUT2D eigenvalue weighted by molar-refractivity contribution is 7.22. The fourth-order valence-electron chi connectivity index (χ4n) is 2.12. The van der Waals surface area contributed by atoms with Crippen molar-refractivity contribution < 1.29 is 18.0 Å². The van der Waals surface area contributed by atoms with Gasteiger partial charge >= 0.3 is 12.1 Å². The van der Waals surface area contributed by atoms with Crippen molar-refractivity contribution in [3.8, 4) is 9.88 Å². The Morgan fingerprint density at radius 3 is 2.50 bits per heavy atom. The third-order valence-electron chi connectivity index (χ3n) is 3.23. The van der Waals surface area contributed by atoms with Crippen molar-refractivity contribution in [3.63, 3.8) is 0 Å². The number of alkyl halides is 3. The summed E-state index contributed by atoms with van der Waals surface area (Å²) >= 11 is 2.96. The molecule has 1 saturated heterocycles. The SMILES string of the molecule is O=C(N1CCN(c2nnc(-c3cccs3)s2)CC1)C(F)(F)F. The van der Waals surface area contributed by atoms with Crippen LogP contribution in [-0.2, 0) is 4.79 Å². The molecule has 0 radical (unpaired) electrons. The van der Waals surface area contributed by atoms with Crippen LogP contribution in [0.3, 0.4) is 0 Å². The Bertz CT molecular complexity index is 648. The summed E-state index contributed by atoms with van der Waals surface area (Å²) in [5, 5.41) is 11.6. The molecule has 0 aliphatic carbocycles. The number of hydrogen-bond donors (Lipinski definition) is 0. The Hall–Kier alpha value is -1.68. The normalized spacial score (nSPS) is 16.1. The van der Waals surface area contributed by atoms with Crippen molar-refractivity contribution in [1.29, 1.82) is 0 Å². The third-order valence-corrected chi connectivity index (χ3v) is 5.25. The quantitative estimate of drug-likeness (QED) is 0.837. The molecule has 0 spiro atoms. The van der Waals surface area contributed by atoms with Crippen LogP contribution in [0.5, 0.6) is 0 Å². The molecule has 3 heterocycles. The molecule has 5 nitrogen and oxygen atoms in total. The van der Waals surface area contributed by atoms with Gasteiger partial charge in [-0.05, 0) is 11.4 Å². The zero-order valence-corrected chi connectivity index (χ0v) is 12.8. The molecule has 0 atom stereocenters. The van der Waals surface area contributed by atoms with Crippen molar-refractivity contribution in [1.82, 2.24) is 15.1 Å². The fourth-order valence-corrected chi connectivity index (χ4v) is 3.81. The Morgan fingerprint density at radius 2 is 1.91 bits per heavy atom. The molecule has 10 heteroatoms. The second-order valence-corrected chi connectivity index (χ2v) is 6.55. The number of carbonyl (C=O) groups is 1. The molecule has 1 amide bonds. The van der Waals surface area contributed by atoms with E-state index in [9.17, 15) is 18.0 Å². The lowest BCUT2D eigenvalue weighted by molar-refractivity contribution is -0.185. The maximum atomic E-state index is 12.4. The van der Waals surface area contributed by atoms with E-state index in [1.165, 1.54) is 11.3 Å². The first kappa shape index (κ1) is 15.2. The minimum Gasteiger partial charge on any atom is -0.343 e. The molecule has 22 heavy (non-hydrogen) atoms. The van der Waals surface area contributed by atoms with Gasteiger partial charge in [0.25, 0.3) is 0 Å². The summed E-state index contributed by atoms with van der Waals surface area (Å²) in [5.41, 5.74) is 0. The van der Waals surface area contributed by atoms with Gasteiger partial charge in [-0.3, -0.25) is 4.79 Å². The molecule has 0 aromatic carbocycles. The van der Waals surface area contributed by atoms with Crippen molar-refractivity contribution in [2.75, 3.05) is 31.1 Å². The summed E-state index contributed by atoms with van der Waals surface area (Å²) in [5.74, 6) is -1.77. The summed E-state index contributed by atoms with van der Waals surface area (Å²) < 4.78 is 37.2. The van der Waals surface area contributed by atoms with Crippen LogP contribution in [0.2, 0.25) is 0 Å². The molecular weight excluding hydrogens is 337 g/mol. The number of rotatable bonds is 2. The van der Waals surface area contributed by atoms with Crippen molar-refractivity contribution >= 4 is 33.7 Å². The van der Waals surface area contributed by atoms with Crippen LogP contribution < -0.4 is 4.90 Å². The lowest BCUT2D eigenvalue weighted by Crippen LogP contribution is -2.52. The smallest absolute Gasteiger partial charge is 0.343 e. The van der Waals surface area contributed by atoms with Crippen LogP contribution in [-0.4, -0.2) is 53.4 Å². The van der Waals surface area contributed by atoms with Crippen molar-refractivity contribution in [2.24, 2.45) is 0 Å². The van der Waals surface area contributed by atoms with Gasteiger partial charge < -0.3 is 9.80 Å². The van der Waals surface area contributed by atoms with Crippen LogP contribution in [0.25, 0.3) is 9.88 Å². The van der Waals surface area contributed by atoms with E-state index in [2.05, 4.69) is 10.2 Å². The van der Waals surface area contributed by atoms with Crippen LogP contribution in [0.4, 0.5) is 18.3 Å². The molecule has 0 N–H and O–H groups in total. The summed E-state index contributed by atoms with van der Waals surface area (Å²) in [6, 6.07) is 3.86. The molecule has 118 valence electrons. The summed E-state index contributed by atoms with van der Waals surface area (Å²) in [6.45, 7) is 0.709. The molecule has 3 rings (SSSR count). The number of amides is 1. The highest BCUT2D eigenvalue weighted by Gasteiger charge is 2.43. The van der Waals surface area contributed by atoms with Crippen molar-refractivity contribution in [3.05, 3.63) is 17.5 Å². The molecule has 2 aromatic heterocycles. The van der Waals surface area contributed by atoms with Gasteiger partial charge in [0.05, 0.1) is 4.88 Å². The van der Waals surface area contributed by atoms with Gasteiger partial charge in [0.2, 0.25) is 5.13 Å². The van der Waals surface area contributed by atoms with E-state index in [-0.39, 0.29) is 13.1 Å². The van der Waals surface area contributed by atoms with E-state index in [1.54, 1.807) is 11.3 Å². The third kappa shape index (κ3) is 3.07. The summed E-state index contributed by atoms with van der Waals surface area (Å²) in [4.78, 5) is 14.9. The van der Waals surface area contributed by atoms with E-state index in [1.807, 2.05) is 22.4 Å². The number of carbonyl (C=O) groups excluding carboxylic acids is 1. The number of hydrogen-bond acceptors (Lipinski definition) is 6. The van der Waals surface area contributed by atoms with Gasteiger partial charge in [-0.2, -0.15) is 13.2 Å². The topological polar surface area (TPSA) is 49.3 Å². The van der Waals surface area contributed by atoms with Gasteiger partial charge in [-0.15, -0.1) is 21.5 Å². The van der Waals surface area contributed by atoms with E-state index in [0.29, 0.717) is 18.2 Å². The minimum absolute atomic E-state index is 0.0340. The zero-order valence-electron chi connectivity index (χ0n) is 11.2. The summed E-state index contributed by atoms with van der Waals surface area (Å²) in [7, 11) is 0. The lowest BCUT2D eigenvalue weighted by atomic mass is 10.3. The van der Waals surface area contributed by atoms with Crippen LogP contribution in [0, 0.1) is 0 Å². The van der Waals surface area contributed by atoms with Crippen LogP contribution in [0.15, 0.2) is 17.5 Å². The van der Waals surface area contributed by atoms with Gasteiger partial charge in [-0.1, -0.05) is 17.4 Å². The van der Waals surface area contributed by atoms with E-state index >= 15 is 0 Å². The monoisotopic (exact) mass is 348 g/mol. The first-order valence-corrected chi connectivity index (χ1v) is 8.13.